The van der Waals surface area contributed by atoms with Gasteiger partial charge < -0.3 is 15.4 Å². The van der Waals surface area contributed by atoms with Gasteiger partial charge in [0.1, 0.15) is 10.6 Å². The Morgan fingerprint density at radius 3 is 2.60 bits per heavy atom. The fourth-order valence-electron chi connectivity index (χ4n) is 2.25. The number of methoxy groups -OCH3 is 1. The maximum absolute atomic E-state index is 12.4. The molecule has 0 aliphatic rings. The van der Waals surface area contributed by atoms with Crippen molar-refractivity contribution in [1.82, 2.24) is 15.3 Å². The van der Waals surface area contributed by atoms with Crippen molar-refractivity contribution in [3.8, 4) is 16.2 Å². The SMILES string of the molecule is COc1cc(-c2ccccc2)sc1C(=O)NCCNc1ncccn1. The molecule has 6 nitrogen and oxygen atoms in total. The summed E-state index contributed by atoms with van der Waals surface area (Å²) in [4.78, 5) is 22.1. The predicted molar refractivity (Wildman–Crippen MR) is 99.2 cm³/mol. The molecule has 0 radical (unpaired) electrons. The van der Waals surface area contributed by atoms with E-state index in [2.05, 4.69) is 20.6 Å². The smallest absolute Gasteiger partial charge is 0.265 e. The monoisotopic (exact) mass is 354 g/mol. The average Bonchev–Trinajstić information content (AvgIpc) is 3.11. The van der Waals surface area contributed by atoms with E-state index in [1.165, 1.54) is 11.3 Å². The zero-order valence-corrected chi connectivity index (χ0v) is 14.5. The predicted octanol–water partition coefficient (Wildman–Crippen LogP) is 3.06. The maximum Gasteiger partial charge on any atom is 0.265 e. The lowest BCUT2D eigenvalue weighted by atomic mass is 10.2. The van der Waals surface area contributed by atoms with Gasteiger partial charge >= 0.3 is 0 Å². The Balaban J connectivity index is 1.60. The number of rotatable bonds is 7. The normalized spacial score (nSPS) is 10.3. The molecule has 1 aromatic carbocycles. The van der Waals surface area contributed by atoms with Crippen LogP contribution in [0.15, 0.2) is 54.9 Å². The molecule has 0 aliphatic carbocycles. The standard InChI is InChI=1S/C18H18N4O2S/c1-24-14-12-15(13-6-3-2-4-7-13)25-16(14)17(23)19-10-11-22-18-20-8-5-9-21-18/h2-9,12H,10-11H2,1H3,(H,19,23)(H,20,21,22). The van der Waals surface area contributed by atoms with Crippen LogP contribution in [-0.2, 0) is 0 Å². The van der Waals surface area contributed by atoms with E-state index >= 15 is 0 Å². The third-order valence-corrected chi connectivity index (χ3v) is 4.61. The lowest BCUT2D eigenvalue weighted by molar-refractivity contribution is 0.0956. The number of thiophene rings is 1. The van der Waals surface area contributed by atoms with Gasteiger partial charge in [0.05, 0.1) is 7.11 Å². The third-order valence-electron chi connectivity index (χ3n) is 3.44. The van der Waals surface area contributed by atoms with Crippen molar-refractivity contribution in [2.45, 2.75) is 0 Å². The molecule has 0 atom stereocenters. The number of nitrogens with one attached hydrogen (secondary N) is 2. The third kappa shape index (κ3) is 4.33. The second-order valence-electron chi connectivity index (χ2n) is 5.13. The van der Waals surface area contributed by atoms with E-state index in [0.29, 0.717) is 29.7 Å². The van der Waals surface area contributed by atoms with Crippen molar-refractivity contribution < 1.29 is 9.53 Å². The molecule has 25 heavy (non-hydrogen) atoms. The molecule has 0 fully saturated rings. The van der Waals surface area contributed by atoms with Crippen molar-refractivity contribution in [2.75, 3.05) is 25.5 Å². The quantitative estimate of drug-likeness (QED) is 0.638. The van der Waals surface area contributed by atoms with Crippen LogP contribution >= 0.6 is 11.3 Å². The molecule has 0 aliphatic heterocycles. The second-order valence-corrected chi connectivity index (χ2v) is 6.18. The van der Waals surface area contributed by atoms with Gasteiger partial charge in [-0.15, -0.1) is 11.3 Å². The summed E-state index contributed by atoms with van der Waals surface area (Å²) in [5, 5.41) is 5.93. The summed E-state index contributed by atoms with van der Waals surface area (Å²) in [6, 6.07) is 13.6. The van der Waals surface area contributed by atoms with Crippen LogP contribution in [0, 0.1) is 0 Å². The van der Waals surface area contributed by atoms with Gasteiger partial charge in [0, 0.05) is 30.4 Å². The highest BCUT2D eigenvalue weighted by atomic mass is 32.1. The van der Waals surface area contributed by atoms with Crippen LogP contribution in [0.3, 0.4) is 0 Å². The van der Waals surface area contributed by atoms with Crippen LogP contribution in [0.25, 0.3) is 10.4 Å². The van der Waals surface area contributed by atoms with Crippen molar-refractivity contribution in [2.24, 2.45) is 0 Å². The Morgan fingerprint density at radius 1 is 1.12 bits per heavy atom. The fourth-order valence-corrected chi connectivity index (χ4v) is 3.30. The van der Waals surface area contributed by atoms with Crippen LogP contribution < -0.4 is 15.4 Å². The number of benzene rings is 1. The molecular formula is C18H18N4O2S. The number of carbonyl (C=O) groups is 1. The first kappa shape index (κ1) is 16.9. The first-order chi connectivity index (χ1) is 12.3. The second kappa shape index (κ2) is 8.25. The Labute approximate surface area is 149 Å². The van der Waals surface area contributed by atoms with Crippen molar-refractivity contribution in [3.05, 3.63) is 59.7 Å². The molecule has 3 rings (SSSR count). The Morgan fingerprint density at radius 2 is 1.88 bits per heavy atom. The fraction of sp³-hybridized carbons (Fsp3) is 0.167. The molecule has 2 aromatic heterocycles. The number of hydrogen-bond acceptors (Lipinski definition) is 6. The summed E-state index contributed by atoms with van der Waals surface area (Å²) in [5.74, 6) is 0.970. The van der Waals surface area contributed by atoms with Gasteiger partial charge in [-0.25, -0.2) is 9.97 Å². The molecule has 0 unspecified atom stereocenters. The molecule has 128 valence electrons. The molecule has 2 heterocycles. The minimum Gasteiger partial charge on any atom is -0.495 e. The lowest BCUT2D eigenvalue weighted by Gasteiger charge is -2.06. The molecule has 0 saturated heterocycles. The van der Waals surface area contributed by atoms with Crippen LogP contribution in [0.2, 0.25) is 0 Å². The number of carbonyl (C=O) groups excluding carboxylic acids is 1. The number of ether oxygens (including phenoxy) is 1. The van der Waals surface area contributed by atoms with Gasteiger partial charge in [-0.2, -0.15) is 0 Å². The molecular weight excluding hydrogens is 336 g/mol. The Bertz CT molecular complexity index is 822. The first-order valence-corrected chi connectivity index (χ1v) is 8.62. The van der Waals surface area contributed by atoms with Crippen LogP contribution in [0.5, 0.6) is 5.75 Å². The molecule has 1 amide bonds. The number of hydrogen-bond donors (Lipinski definition) is 2. The van der Waals surface area contributed by atoms with Crippen LogP contribution in [-0.4, -0.2) is 36.1 Å². The van der Waals surface area contributed by atoms with E-state index in [1.54, 1.807) is 25.6 Å². The number of amides is 1. The molecule has 2 N–H and O–H groups in total. The van der Waals surface area contributed by atoms with Gasteiger partial charge in [-0.1, -0.05) is 30.3 Å². The summed E-state index contributed by atoms with van der Waals surface area (Å²) in [6.45, 7) is 0.994. The summed E-state index contributed by atoms with van der Waals surface area (Å²) in [6.07, 6.45) is 3.32. The number of aromatic nitrogens is 2. The van der Waals surface area contributed by atoms with Gasteiger partial charge in [-0.3, -0.25) is 4.79 Å². The van der Waals surface area contributed by atoms with Crippen LogP contribution in [0.1, 0.15) is 9.67 Å². The zero-order valence-electron chi connectivity index (χ0n) is 13.7. The van der Waals surface area contributed by atoms with E-state index in [0.717, 1.165) is 10.4 Å². The molecule has 0 bridgehead atoms. The summed E-state index contributed by atoms with van der Waals surface area (Å²) < 4.78 is 5.36. The average molecular weight is 354 g/mol. The topological polar surface area (TPSA) is 76.1 Å². The van der Waals surface area contributed by atoms with Crippen LogP contribution in [0.4, 0.5) is 5.95 Å². The minimum atomic E-state index is -0.153. The lowest BCUT2D eigenvalue weighted by Crippen LogP contribution is -2.28. The highest BCUT2D eigenvalue weighted by molar-refractivity contribution is 7.17. The first-order valence-electron chi connectivity index (χ1n) is 7.80. The van der Waals surface area contributed by atoms with Gasteiger partial charge in [0.15, 0.2) is 0 Å². The van der Waals surface area contributed by atoms with E-state index in [9.17, 15) is 4.79 Å². The number of nitrogens with zero attached hydrogens (tertiary/aromatic N) is 2. The Kier molecular flexibility index (Phi) is 5.58. The summed E-state index contributed by atoms with van der Waals surface area (Å²) in [5.41, 5.74) is 1.06. The molecule has 0 saturated carbocycles. The Hall–Kier alpha value is -2.93. The molecule has 7 heteroatoms. The minimum absolute atomic E-state index is 0.153. The highest BCUT2D eigenvalue weighted by Gasteiger charge is 2.17. The van der Waals surface area contributed by atoms with Crippen molar-refractivity contribution >= 4 is 23.2 Å². The van der Waals surface area contributed by atoms with Crippen molar-refractivity contribution in [1.29, 1.82) is 0 Å². The van der Waals surface area contributed by atoms with Gasteiger partial charge in [-0.05, 0) is 17.7 Å². The number of anilines is 1. The molecule has 0 spiro atoms. The zero-order chi connectivity index (χ0) is 17.5. The van der Waals surface area contributed by atoms with Crippen molar-refractivity contribution in [3.63, 3.8) is 0 Å². The van der Waals surface area contributed by atoms with E-state index in [1.807, 2.05) is 36.4 Å². The van der Waals surface area contributed by atoms with E-state index in [-0.39, 0.29) is 5.91 Å². The summed E-state index contributed by atoms with van der Waals surface area (Å²) >= 11 is 1.42. The summed E-state index contributed by atoms with van der Waals surface area (Å²) in [7, 11) is 1.57. The maximum atomic E-state index is 12.4. The van der Waals surface area contributed by atoms with Gasteiger partial charge in [0.2, 0.25) is 5.95 Å². The highest BCUT2D eigenvalue weighted by Crippen LogP contribution is 2.35. The largest absolute Gasteiger partial charge is 0.495 e. The van der Waals surface area contributed by atoms with E-state index < -0.39 is 0 Å². The van der Waals surface area contributed by atoms with Gasteiger partial charge in [0.25, 0.3) is 5.91 Å². The van der Waals surface area contributed by atoms with E-state index in [4.69, 9.17) is 4.74 Å². The molecule has 3 aromatic rings.